The summed E-state index contributed by atoms with van der Waals surface area (Å²) in [6.45, 7) is 6.22. The first-order valence-corrected chi connectivity index (χ1v) is 14.9. The maximum absolute atomic E-state index is 12.7. The van der Waals surface area contributed by atoms with Crippen LogP contribution in [0, 0.1) is 0 Å². The van der Waals surface area contributed by atoms with Crippen LogP contribution < -0.4 is 10.5 Å². The Morgan fingerprint density at radius 1 is 1.00 bits per heavy atom. The number of hydrogen-bond donors (Lipinski definition) is 2. The topological polar surface area (TPSA) is 134 Å². The number of hydrogen-bond acceptors (Lipinski definition) is 7. The first-order valence-electron chi connectivity index (χ1n) is 14.9. The highest BCUT2D eigenvalue weighted by atomic mass is 16.5. The lowest BCUT2D eigenvalue weighted by Crippen LogP contribution is -2.11. The molecule has 0 saturated carbocycles. The lowest BCUT2D eigenvalue weighted by atomic mass is 10.0. The van der Waals surface area contributed by atoms with Crippen LogP contribution >= 0.6 is 0 Å². The number of esters is 1. The number of aryl methyl sites for hydroxylation is 3. The van der Waals surface area contributed by atoms with Crippen LogP contribution in [0.1, 0.15) is 78.0 Å². The van der Waals surface area contributed by atoms with Crippen molar-refractivity contribution in [2.45, 2.75) is 65.1 Å². The summed E-state index contributed by atoms with van der Waals surface area (Å²) >= 11 is 0. The van der Waals surface area contributed by atoms with Gasteiger partial charge in [-0.1, -0.05) is 24.6 Å². The maximum Gasteiger partial charge on any atom is 0.338 e. The van der Waals surface area contributed by atoms with Crippen LogP contribution in [0.5, 0.6) is 5.75 Å². The molecule has 0 spiro atoms. The summed E-state index contributed by atoms with van der Waals surface area (Å²) in [5, 5.41) is 10.5. The van der Waals surface area contributed by atoms with Crippen molar-refractivity contribution in [2.24, 2.45) is 12.8 Å². The second-order valence-electron chi connectivity index (χ2n) is 11.4. The van der Waals surface area contributed by atoms with Crippen molar-refractivity contribution in [2.75, 3.05) is 7.11 Å². The predicted octanol–water partition coefficient (Wildman–Crippen LogP) is 6.29. The van der Waals surface area contributed by atoms with Crippen molar-refractivity contribution in [1.29, 1.82) is 0 Å². The molecule has 5 aromatic rings. The Bertz CT molecular complexity index is 1840. The third-order valence-electron chi connectivity index (χ3n) is 7.77. The van der Waals surface area contributed by atoms with Gasteiger partial charge in [0.05, 0.1) is 41.2 Å². The predicted molar refractivity (Wildman–Crippen MR) is 170 cm³/mol. The molecule has 10 nitrogen and oxygen atoms in total. The number of carboxylic acid groups (broad SMARTS) is 1. The molecule has 0 aliphatic rings. The summed E-state index contributed by atoms with van der Waals surface area (Å²) in [7, 11) is 3.51. The van der Waals surface area contributed by atoms with Crippen LogP contribution in [0.4, 0.5) is 0 Å². The van der Waals surface area contributed by atoms with Crippen molar-refractivity contribution in [3.05, 3.63) is 77.0 Å². The van der Waals surface area contributed by atoms with Gasteiger partial charge in [0.1, 0.15) is 16.9 Å². The summed E-state index contributed by atoms with van der Waals surface area (Å²) in [5.74, 6) is -0.0900. The molecule has 0 fully saturated rings. The Morgan fingerprint density at radius 3 is 2.48 bits per heavy atom. The van der Waals surface area contributed by atoms with Gasteiger partial charge in [0.15, 0.2) is 5.82 Å². The fraction of sp³-hybridized carbons (Fsp3) is 0.353. The van der Waals surface area contributed by atoms with E-state index in [9.17, 15) is 14.7 Å². The zero-order chi connectivity index (χ0) is 31.5. The monoisotopic (exact) mass is 597 g/mol. The number of carboxylic acids is 1. The number of imidazole rings is 1. The average molecular weight is 598 g/mol. The lowest BCUT2D eigenvalue weighted by Gasteiger charge is -2.12. The molecule has 0 aliphatic heterocycles. The van der Waals surface area contributed by atoms with Crippen LogP contribution in [-0.4, -0.2) is 49.4 Å². The molecule has 0 radical (unpaired) electrons. The van der Waals surface area contributed by atoms with E-state index in [4.69, 9.17) is 25.2 Å². The number of nitrogens with two attached hydrogens (primary N) is 1. The zero-order valence-corrected chi connectivity index (χ0v) is 25.8. The molecular formula is C34H39N5O5. The molecule has 3 aromatic heterocycles. The van der Waals surface area contributed by atoms with Gasteiger partial charge in [0.25, 0.3) is 0 Å². The highest BCUT2D eigenvalue weighted by Crippen LogP contribution is 2.34. The molecule has 0 bridgehead atoms. The van der Waals surface area contributed by atoms with E-state index in [2.05, 4.69) is 10.6 Å². The fourth-order valence-corrected chi connectivity index (χ4v) is 5.61. The van der Waals surface area contributed by atoms with Gasteiger partial charge in [-0.05, 0) is 82.0 Å². The van der Waals surface area contributed by atoms with Crippen LogP contribution in [0.3, 0.4) is 0 Å². The molecule has 1 unspecified atom stereocenters. The lowest BCUT2D eigenvalue weighted by molar-refractivity contribution is 0.0377. The average Bonchev–Trinajstić information content (AvgIpc) is 3.52. The number of methoxy groups -OCH3 is 1. The summed E-state index contributed by atoms with van der Waals surface area (Å²) in [6.07, 6.45) is 3.06. The SMILES string of the molecule is COc1cc(C(=O)OC(C)C)cc2nc(-c3cc4ccc(C(C)N)nc4n3CCCCCc3ccccc3C(=O)O)n(C)c12. The number of aromatic nitrogens is 4. The highest BCUT2D eigenvalue weighted by Gasteiger charge is 2.22. The molecule has 44 heavy (non-hydrogen) atoms. The minimum atomic E-state index is -0.900. The summed E-state index contributed by atoms with van der Waals surface area (Å²) in [6, 6.07) is 16.4. The van der Waals surface area contributed by atoms with Gasteiger partial charge in [0, 0.05) is 25.0 Å². The third-order valence-corrected chi connectivity index (χ3v) is 7.77. The standard InChI is InChI=1S/C34H39N5O5/c1-20(2)44-34(42)24-17-27-30(29(19-24)43-5)38(4)32(37-27)28-18-23-14-15-26(21(3)35)36-31(23)39(28)16-10-6-7-11-22-12-8-9-13-25(22)33(40)41/h8-9,12-15,17-21H,6-7,10-11,16,35H2,1-5H3,(H,40,41). The van der Waals surface area contributed by atoms with Crippen LogP contribution in [0.15, 0.2) is 54.6 Å². The molecule has 10 heteroatoms. The van der Waals surface area contributed by atoms with E-state index in [1.165, 1.54) is 0 Å². The smallest absolute Gasteiger partial charge is 0.338 e. The Hall–Kier alpha value is -4.70. The number of nitrogens with zero attached hydrogens (tertiary/aromatic N) is 4. The summed E-state index contributed by atoms with van der Waals surface area (Å²) < 4.78 is 15.3. The van der Waals surface area contributed by atoms with Gasteiger partial charge in [-0.25, -0.2) is 19.6 Å². The van der Waals surface area contributed by atoms with E-state index < -0.39 is 11.9 Å². The van der Waals surface area contributed by atoms with E-state index in [0.717, 1.165) is 52.8 Å². The highest BCUT2D eigenvalue weighted by molar-refractivity contribution is 5.97. The molecule has 0 amide bonds. The van der Waals surface area contributed by atoms with Crippen molar-refractivity contribution in [3.63, 3.8) is 0 Å². The Kier molecular flexibility index (Phi) is 9.01. The van der Waals surface area contributed by atoms with Crippen molar-refractivity contribution in [3.8, 4) is 17.3 Å². The molecule has 230 valence electrons. The van der Waals surface area contributed by atoms with Gasteiger partial charge < -0.3 is 29.4 Å². The second-order valence-corrected chi connectivity index (χ2v) is 11.4. The van der Waals surface area contributed by atoms with E-state index in [-0.39, 0.29) is 12.1 Å². The van der Waals surface area contributed by atoms with Crippen molar-refractivity contribution < 1.29 is 24.2 Å². The Labute approximate surface area is 256 Å². The Morgan fingerprint density at radius 2 is 1.77 bits per heavy atom. The molecule has 0 aliphatic carbocycles. The molecule has 3 heterocycles. The minimum Gasteiger partial charge on any atom is -0.494 e. The molecule has 5 rings (SSSR count). The first kappa shape index (κ1) is 30.7. The number of carbonyl (C=O) groups is 2. The van der Waals surface area contributed by atoms with Crippen LogP contribution in [0.25, 0.3) is 33.6 Å². The van der Waals surface area contributed by atoms with E-state index in [0.29, 0.717) is 41.2 Å². The molecule has 2 aromatic carbocycles. The van der Waals surface area contributed by atoms with Crippen molar-refractivity contribution in [1.82, 2.24) is 19.1 Å². The normalized spacial score (nSPS) is 12.2. The number of unbranched alkanes of at least 4 members (excludes halogenated alkanes) is 2. The molecular weight excluding hydrogens is 558 g/mol. The zero-order valence-electron chi connectivity index (χ0n) is 25.8. The summed E-state index contributed by atoms with van der Waals surface area (Å²) in [5.41, 5.74) is 11.7. The quantitative estimate of drug-likeness (QED) is 0.126. The van der Waals surface area contributed by atoms with Crippen molar-refractivity contribution >= 4 is 34.0 Å². The number of fused-ring (bicyclic) bond motifs is 2. The minimum absolute atomic E-state index is 0.218. The van der Waals surface area contributed by atoms with Gasteiger partial charge in [-0.15, -0.1) is 0 Å². The van der Waals surface area contributed by atoms with E-state index >= 15 is 0 Å². The third kappa shape index (κ3) is 6.16. The number of ether oxygens (including phenoxy) is 2. The van der Waals surface area contributed by atoms with Gasteiger partial charge in [-0.3, -0.25) is 0 Å². The molecule has 3 N–H and O–H groups in total. The maximum atomic E-state index is 12.7. The van der Waals surface area contributed by atoms with E-state index in [1.54, 1.807) is 31.4 Å². The number of aromatic carboxylic acids is 1. The number of rotatable bonds is 12. The first-order chi connectivity index (χ1) is 21.1. The Balaban J connectivity index is 1.50. The number of carbonyl (C=O) groups excluding carboxylic acids is 1. The van der Waals surface area contributed by atoms with Gasteiger partial charge in [-0.2, -0.15) is 0 Å². The van der Waals surface area contributed by atoms with E-state index in [1.807, 2.05) is 56.7 Å². The van der Waals surface area contributed by atoms with Crippen LogP contribution in [0.2, 0.25) is 0 Å². The largest absolute Gasteiger partial charge is 0.494 e. The van der Waals surface area contributed by atoms with Gasteiger partial charge in [0.2, 0.25) is 0 Å². The molecule has 1 atom stereocenters. The molecule has 0 saturated heterocycles. The van der Waals surface area contributed by atoms with Crippen LogP contribution in [-0.2, 0) is 24.8 Å². The number of pyridine rings is 1. The van der Waals surface area contributed by atoms with Gasteiger partial charge >= 0.3 is 11.9 Å². The fourth-order valence-electron chi connectivity index (χ4n) is 5.61. The number of benzene rings is 2. The summed E-state index contributed by atoms with van der Waals surface area (Å²) in [4.78, 5) is 34.3. The second kappa shape index (κ2) is 12.9.